The molecule has 4 rings (SSSR count). The van der Waals surface area contributed by atoms with Crippen molar-refractivity contribution in [3.05, 3.63) is 54.4 Å². The van der Waals surface area contributed by atoms with Gasteiger partial charge in [-0.1, -0.05) is 6.07 Å². The molecule has 0 bridgehead atoms. The first-order valence-corrected chi connectivity index (χ1v) is 10.3. The predicted octanol–water partition coefficient (Wildman–Crippen LogP) is 2.95. The summed E-state index contributed by atoms with van der Waals surface area (Å²) in [7, 11) is -3.29. The lowest BCUT2D eigenvalue weighted by molar-refractivity contribution is 0.602. The topological polar surface area (TPSA) is 126 Å². The van der Waals surface area contributed by atoms with Gasteiger partial charge in [-0.15, -0.1) is 0 Å². The second kappa shape index (κ2) is 6.89. The van der Waals surface area contributed by atoms with E-state index in [1.807, 2.05) is 19.1 Å². The van der Waals surface area contributed by atoms with Gasteiger partial charge in [-0.3, -0.25) is 5.10 Å². The molecule has 0 aliphatic carbocycles. The highest BCUT2D eigenvalue weighted by molar-refractivity contribution is 7.90. The van der Waals surface area contributed by atoms with Gasteiger partial charge in [0.05, 0.1) is 10.3 Å². The molecule has 0 saturated heterocycles. The van der Waals surface area contributed by atoms with Crippen molar-refractivity contribution in [3.8, 4) is 0 Å². The van der Waals surface area contributed by atoms with Crippen LogP contribution in [0, 0.1) is 6.92 Å². The minimum atomic E-state index is -3.29. The zero-order valence-electron chi connectivity index (χ0n) is 15.1. The Morgan fingerprint density at radius 3 is 2.71 bits per heavy atom. The first-order chi connectivity index (χ1) is 13.4. The number of pyridine rings is 1. The van der Waals surface area contributed by atoms with Crippen LogP contribution in [-0.4, -0.2) is 39.8 Å². The highest BCUT2D eigenvalue weighted by atomic mass is 32.2. The van der Waals surface area contributed by atoms with Crippen molar-refractivity contribution in [2.75, 3.05) is 16.9 Å². The maximum atomic E-state index is 11.7. The number of nitrogens with one attached hydrogen (secondary N) is 3. The van der Waals surface area contributed by atoms with Crippen LogP contribution in [-0.2, 0) is 9.84 Å². The van der Waals surface area contributed by atoms with Crippen molar-refractivity contribution in [1.29, 1.82) is 0 Å². The number of rotatable bonds is 5. The molecule has 28 heavy (non-hydrogen) atoms. The van der Waals surface area contributed by atoms with Gasteiger partial charge >= 0.3 is 0 Å². The predicted molar refractivity (Wildman–Crippen MR) is 107 cm³/mol. The van der Waals surface area contributed by atoms with Crippen molar-refractivity contribution in [2.24, 2.45) is 0 Å². The molecule has 0 atom stereocenters. The van der Waals surface area contributed by atoms with E-state index in [9.17, 15) is 8.42 Å². The van der Waals surface area contributed by atoms with Gasteiger partial charge in [0.15, 0.2) is 21.3 Å². The van der Waals surface area contributed by atoms with E-state index in [0.717, 1.165) is 17.3 Å². The molecule has 0 amide bonds. The standard InChI is InChI=1S/C18H17N7O2S/c1-11-6-7-14-16(20-11)24-25-17(14)22-15-8-9-19-18(23-15)21-12-4-3-5-13(10-12)28(2,26)27/h3-10H,1-2H3,(H3,19,20,21,22,23,24,25). The molecule has 0 aliphatic rings. The quantitative estimate of drug-likeness (QED) is 0.471. The molecule has 9 nitrogen and oxygen atoms in total. The lowest BCUT2D eigenvalue weighted by Gasteiger charge is -2.08. The molecule has 142 valence electrons. The summed E-state index contributed by atoms with van der Waals surface area (Å²) in [5.41, 5.74) is 2.16. The summed E-state index contributed by atoms with van der Waals surface area (Å²) < 4.78 is 23.4. The Bertz CT molecular complexity index is 1270. The zero-order chi connectivity index (χ0) is 19.7. The van der Waals surface area contributed by atoms with Crippen molar-refractivity contribution >= 4 is 44.1 Å². The maximum absolute atomic E-state index is 11.7. The number of benzene rings is 1. The van der Waals surface area contributed by atoms with Crippen LogP contribution < -0.4 is 10.6 Å². The highest BCUT2D eigenvalue weighted by Crippen LogP contribution is 2.23. The summed E-state index contributed by atoms with van der Waals surface area (Å²) in [5.74, 6) is 1.46. The monoisotopic (exact) mass is 395 g/mol. The second-order valence-electron chi connectivity index (χ2n) is 6.24. The Hall–Kier alpha value is -3.53. The Kier molecular flexibility index (Phi) is 4.40. The molecule has 0 unspecified atom stereocenters. The average Bonchev–Trinajstić information content (AvgIpc) is 3.03. The van der Waals surface area contributed by atoms with E-state index in [2.05, 4.69) is 35.8 Å². The van der Waals surface area contributed by atoms with Crippen LogP contribution in [0.5, 0.6) is 0 Å². The first-order valence-electron chi connectivity index (χ1n) is 8.37. The minimum Gasteiger partial charge on any atom is -0.324 e. The third kappa shape index (κ3) is 3.76. The smallest absolute Gasteiger partial charge is 0.229 e. The third-order valence-electron chi connectivity index (χ3n) is 3.98. The van der Waals surface area contributed by atoms with E-state index in [4.69, 9.17) is 0 Å². The van der Waals surface area contributed by atoms with E-state index in [0.29, 0.717) is 28.9 Å². The van der Waals surface area contributed by atoms with Crippen LogP contribution >= 0.6 is 0 Å². The summed E-state index contributed by atoms with van der Waals surface area (Å²) in [4.78, 5) is 13.2. The fraction of sp³-hybridized carbons (Fsp3) is 0.111. The lowest BCUT2D eigenvalue weighted by atomic mass is 10.3. The molecule has 4 aromatic rings. The third-order valence-corrected chi connectivity index (χ3v) is 5.09. The number of fused-ring (bicyclic) bond motifs is 1. The Morgan fingerprint density at radius 1 is 1.04 bits per heavy atom. The van der Waals surface area contributed by atoms with Crippen LogP contribution in [0.3, 0.4) is 0 Å². The van der Waals surface area contributed by atoms with Crippen LogP contribution in [0.15, 0.2) is 53.6 Å². The molecular formula is C18H17N7O2S. The van der Waals surface area contributed by atoms with Crippen LogP contribution in [0.2, 0.25) is 0 Å². The fourth-order valence-electron chi connectivity index (χ4n) is 2.64. The van der Waals surface area contributed by atoms with Crippen LogP contribution in [0.25, 0.3) is 11.0 Å². The van der Waals surface area contributed by atoms with Gasteiger partial charge < -0.3 is 10.6 Å². The number of hydrogen-bond donors (Lipinski definition) is 3. The molecule has 3 heterocycles. The number of aryl methyl sites for hydroxylation is 1. The molecular weight excluding hydrogens is 378 g/mol. The molecule has 0 aliphatic heterocycles. The SMILES string of the molecule is Cc1ccc2c(Nc3ccnc(Nc4cccc(S(C)(=O)=O)c4)n3)n[nH]c2n1. The normalized spacial score (nSPS) is 11.5. The molecule has 0 fully saturated rings. The van der Waals surface area contributed by atoms with E-state index in [1.54, 1.807) is 24.4 Å². The van der Waals surface area contributed by atoms with Crippen molar-refractivity contribution in [2.45, 2.75) is 11.8 Å². The first kappa shape index (κ1) is 17.9. The number of hydrogen-bond acceptors (Lipinski definition) is 8. The Morgan fingerprint density at radius 2 is 1.89 bits per heavy atom. The van der Waals surface area contributed by atoms with E-state index in [-0.39, 0.29) is 4.90 Å². The summed E-state index contributed by atoms with van der Waals surface area (Å²) in [6.07, 6.45) is 2.76. The molecule has 1 aromatic carbocycles. The highest BCUT2D eigenvalue weighted by Gasteiger charge is 2.10. The second-order valence-corrected chi connectivity index (χ2v) is 8.25. The number of anilines is 4. The molecule has 0 spiro atoms. The van der Waals surface area contributed by atoms with Crippen LogP contribution in [0.4, 0.5) is 23.3 Å². The summed E-state index contributed by atoms with van der Waals surface area (Å²) in [5, 5.41) is 14.1. The number of nitrogens with zero attached hydrogens (tertiary/aromatic N) is 4. The molecule has 0 radical (unpaired) electrons. The fourth-order valence-corrected chi connectivity index (χ4v) is 3.31. The lowest BCUT2D eigenvalue weighted by Crippen LogP contribution is -2.02. The van der Waals surface area contributed by atoms with Gasteiger partial charge in [-0.05, 0) is 43.3 Å². The van der Waals surface area contributed by atoms with Crippen molar-refractivity contribution < 1.29 is 8.42 Å². The number of sulfone groups is 1. The van der Waals surface area contributed by atoms with E-state index < -0.39 is 9.84 Å². The van der Waals surface area contributed by atoms with Gasteiger partial charge in [0.2, 0.25) is 5.95 Å². The van der Waals surface area contributed by atoms with Gasteiger partial charge in [0.25, 0.3) is 0 Å². The Balaban J connectivity index is 1.58. The average molecular weight is 395 g/mol. The number of aromatic nitrogens is 5. The molecule has 0 saturated carbocycles. The number of aromatic amines is 1. The largest absolute Gasteiger partial charge is 0.324 e. The van der Waals surface area contributed by atoms with Crippen molar-refractivity contribution in [1.82, 2.24) is 25.1 Å². The van der Waals surface area contributed by atoms with Crippen molar-refractivity contribution in [3.63, 3.8) is 0 Å². The molecule has 3 N–H and O–H groups in total. The maximum Gasteiger partial charge on any atom is 0.229 e. The van der Waals surface area contributed by atoms with Gasteiger partial charge in [-0.2, -0.15) is 10.1 Å². The van der Waals surface area contributed by atoms with E-state index in [1.165, 1.54) is 12.1 Å². The zero-order valence-corrected chi connectivity index (χ0v) is 15.9. The van der Waals surface area contributed by atoms with Gasteiger partial charge in [0.1, 0.15) is 5.82 Å². The molecule has 10 heteroatoms. The summed E-state index contributed by atoms with van der Waals surface area (Å²) >= 11 is 0. The van der Waals surface area contributed by atoms with Crippen LogP contribution in [0.1, 0.15) is 5.69 Å². The van der Waals surface area contributed by atoms with Gasteiger partial charge in [-0.25, -0.2) is 18.4 Å². The Labute approximate surface area is 161 Å². The minimum absolute atomic E-state index is 0.220. The van der Waals surface area contributed by atoms with E-state index >= 15 is 0 Å². The van der Waals surface area contributed by atoms with Gasteiger partial charge in [0, 0.05) is 23.8 Å². The summed E-state index contributed by atoms with van der Waals surface area (Å²) in [6, 6.07) is 12.0. The number of H-pyrrole nitrogens is 1. The molecule has 3 aromatic heterocycles. The summed E-state index contributed by atoms with van der Waals surface area (Å²) in [6.45, 7) is 1.91.